The second-order valence-electron chi connectivity index (χ2n) is 5.79. The largest absolute Gasteiger partial charge is 0.401 e. The highest BCUT2D eigenvalue weighted by Crippen LogP contribution is 2.42. The molecule has 0 spiro atoms. The Hall–Kier alpha value is -1.88. The third kappa shape index (κ3) is 2.81. The van der Waals surface area contributed by atoms with Crippen molar-refractivity contribution in [2.45, 2.75) is 23.8 Å². The van der Waals surface area contributed by atoms with Gasteiger partial charge in [0.2, 0.25) is 0 Å². The number of rotatable bonds is 3. The van der Waals surface area contributed by atoms with Gasteiger partial charge in [-0.25, -0.2) is 0 Å². The number of benzene rings is 1. The molecule has 0 saturated heterocycles. The Kier molecular flexibility index (Phi) is 4.30. The molecule has 2 rings (SSSR count). The highest BCUT2D eigenvalue weighted by molar-refractivity contribution is 7.91. The van der Waals surface area contributed by atoms with Crippen molar-refractivity contribution >= 4 is 31.5 Å². The quantitative estimate of drug-likeness (QED) is 0.444. The number of hydrogen-bond acceptors (Lipinski definition) is 6. The van der Waals surface area contributed by atoms with Gasteiger partial charge in [-0.1, -0.05) is 12.1 Å². The summed E-state index contributed by atoms with van der Waals surface area (Å²) in [7, 11) is -9.89. The molecule has 1 aromatic rings. The summed E-state index contributed by atoms with van der Waals surface area (Å²) in [5.41, 5.74) is 12.4. The van der Waals surface area contributed by atoms with E-state index in [9.17, 15) is 25.9 Å². The number of nitrogens with two attached hydrogens (primary N) is 2. The topological polar surface area (TPSA) is 161 Å². The van der Waals surface area contributed by atoms with Crippen molar-refractivity contribution in [3.8, 4) is 0 Å². The fourth-order valence-electron chi connectivity index (χ4n) is 2.71. The summed E-state index contributed by atoms with van der Waals surface area (Å²) in [6.45, 7) is 2.64. The number of allylic oxidation sites excluding steroid dienone is 2. The summed E-state index contributed by atoms with van der Waals surface area (Å²) in [6.07, 6.45) is 2.49. The van der Waals surface area contributed by atoms with Crippen LogP contribution in [0, 0.1) is 6.92 Å². The molecule has 2 atom stereocenters. The van der Waals surface area contributed by atoms with Crippen molar-refractivity contribution in [2.75, 3.05) is 5.73 Å². The summed E-state index contributed by atoms with van der Waals surface area (Å²) in [5, 5.41) is -1.99. The summed E-state index contributed by atoms with van der Waals surface area (Å²) < 4.78 is 64.5. The molecule has 0 fully saturated rings. The molecule has 132 valence electrons. The second kappa shape index (κ2) is 5.59. The maximum atomic E-state index is 12.0. The van der Waals surface area contributed by atoms with E-state index >= 15 is 0 Å². The van der Waals surface area contributed by atoms with E-state index in [0.717, 1.165) is 6.92 Å². The van der Waals surface area contributed by atoms with Gasteiger partial charge in [0.25, 0.3) is 20.2 Å². The molecule has 0 radical (unpaired) electrons. The zero-order valence-corrected chi connectivity index (χ0v) is 14.6. The van der Waals surface area contributed by atoms with Crippen molar-refractivity contribution in [1.82, 2.24) is 0 Å². The van der Waals surface area contributed by atoms with Crippen LogP contribution in [0.25, 0.3) is 5.57 Å². The van der Waals surface area contributed by atoms with Crippen LogP contribution in [0.2, 0.25) is 0 Å². The summed E-state index contributed by atoms with van der Waals surface area (Å²) in [4.78, 5) is 0. The lowest BCUT2D eigenvalue weighted by Crippen LogP contribution is -2.55. The normalized spacial score (nSPS) is 25.1. The van der Waals surface area contributed by atoms with E-state index in [1.54, 1.807) is 13.0 Å². The lowest BCUT2D eigenvalue weighted by Gasteiger charge is -2.37. The van der Waals surface area contributed by atoms with Crippen LogP contribution in [0.4, 0.5) is 5.69 Å². The minimum absolute atomic E-state index is 0.0186. The SMILES string of the molecule is Cc1cc(C2=CC=C(N)C(C)(S(=O)(=O)O)C2S(=O)(=O)O)ccc1N. The Balaban J connectivity index is 2.82. The Morgan fingerprint density at radius 2 is 1.67 bits per heavy atom. The van der Waals surface area contributed by atoms with E-state index in [1.165, 1.54) is 24.3 Å². The van der Waals surface area contributed by atoms with Crippen molar-refractivity contribution in [3.05, 3.63) is 47.2 Å². The minimum Gasteiger partial charge on any atom is -0.401 e. The van der Waals surface area contributed by atoms with E-state index in [4.69, 9.17) is 11.5 Å². The van der Waals surface area contributed by atoms with E-state index in [1.807, 2.05) is 0 Å². The highest BCUT2D eigenvalue weighted by atomic mass is 32.2. The number of anilines is 1. The van der Waals surface area contributed by atoms with Crippen LogP contribution in [0.3, 0.4) is 0 Å². The van der Waals surface area contributed by atoms with Gasteiger partial charge in [-0.15, -0.1) is 0 Å². The van der Waals surface area contributed by atoms with Crippen LogP contribution in [-0.4, -0.2) is 35.9 Å². The first kappa shape index (κ1) is 18.5. The molecule has 0 amide bonds. The Bertz CT molecular complexity index is 963. The van der Waals surface area contributed by atoms with Gasteiger partial charge in [-0.05, 0) is 48.8 Å². The lowest BCUT2D eigenvalue weighted by molar-refractivity contribution is 0.428. The molecule has 0 aromatic heterocycles. The van der Waals surface area contributed by atoms with Gasteiger partial charge in [-0.2, -0.15) is 16.8 Å². The van der Waals surface area contributed by atoms with Crippen LogP contribution in [0.15, 0.2) is 36.0 Å². The monoisotopic (exact) mass is 374 g/mol. The van der Waals surface area contributed by atoms with Crippen molar-refractivity contribution in [3.63, 3.8) is 0 Å². The molecule has 0 saturated carbocycles. The first-order chi connectivity index (χ1) is 10.8. The van der Waals surface area contributed by atoms with E-state index in [-0.39, 0.29) is 5.57 Å². The van der Waals surface area contributed by atoms with Crippen LogP contribution in [-0.2, 0) is 20.2 Å². The average Bonchev–Trinajstić information content (AvgIpc) is 2.42. The first-order valence-corrected chi connectivity index (χ1v) is 9.72. The number of nitrogen functional groups attached to an aromatic ring is 1. The number of aryl methyl sites for hydroxylation is 1. The molecule has 1 aliphatic rings. The zero-order chi connectivity index (χ0) is 18.5. The molecule has 2 unspecified atom stereocenters. The molecule has 0 bridgehead atoms. The molecule has 10 heteroatoms. The lowest BCUT2D eigenvalue weighted by atomic mass is 9.87. The summed E-state index contributed by atoms with van der Waals surface area (Å²) in [6, 6.07) is 4.57. The third-order valence-corrected chi connectivity index (χ3v) is 7.25. The standard InChI is InChI=1S/C14H18N2O6S2/c1-8-7-9(3-5-11(8)15)10-4-6-12(16)14(2,24(20,21)22)13(10)23(17,18)19/h3-7,13H,15-16H2,1-2H3,(H,17,18,19)(H,20,21,22). The predicted molar refractivity (Wildman–Crippen MR) is 91.1 cm³/mol. The van der Waals surface area contributed by atoms with E-state index < -0.39 is 35.9 Å². The predicted octanol–water partition coefficient (Wildman–Crippen LogP) is 0.720. The molecular formula is C14H18N2O6S2. The maximum absolute atomic E-state index is 12.0. The maximum Gasteiger partial charge on any atom is 0.277 e. The van der Waals surface area contributed by atoms with E-state index in [2.05, 4.69) is 0 Å². The van der Waals surface area contributed by atoms with Gasteiger partial charge in [-0.3, -0.25) is 9.11 Å². The van der Waals surface area contributed by atoms with Crippen molar-refractivity contribution < 1.29 is 25.9 Å². The molecule has 6 N–H and O–H groups in total. The van der Waals surface area contributed by atoms with Gasteiger partial charge in [0.1, 0.15) is 5.25 Å². The summed E-state index contributed by atoms with van der Waals surface area (Å²) in [5.74, 6) is 0. The second-order valence-corrected chi connectivity index (χ2v) is 9.09. The highest BCUT2D eigenvalue weighted by Gasteiger charge is 2.56. The molecule has 1 aliphatic carbocycles. The Labute approximate surface area is 140 Å². The third-order valence-electron chi connectivity index (χ3n) is 4.24. The van der Waals surface area contributed by atoms with Crippen LogP contribution < -0.4 is 11.5 Å². The average molecular weight is 374 g/mol. The van der Waals surface area contributed by atoms with Crippen LogP contribution in [0.5, 0.6) is 0 Å². The van der Waals surface area contributed by atoms with Crippen molar-refractivity contribution in [2.24, 2.45) is 5.73 Å². The van der Waals surface area contributed by atoms with Crippen LogP contribution >= 0.6 is 0 Å². The molecule has 0 aliphatic heterocycles. The number of hydrogen-bond donors (Lipinski definition) is 4. The van der Waals surface area contributed by atoms with Crippen molar-refractivity contribution in [1.29, 1.82) is 0 Å². The first-order valence-electron chi connectivity index (χ1n) is 6.78. The fourth-order valence-corrected chi connectivity index (χ4v) is 5.45. The fraction of sp³-hybridized carbons (Fsp3) is 0.286. The molecule has 24 heavy (non-hydrogen) atoms. The van der Waals surface area contributed by atoms with Gasteiger partial charge in [0, 0.05) is 11.4 Å². The van der Waals surface area contributed by atoms with Gasteiger partial charge in [0.15, 0.2) is 4.75 Å². The Morgan fingerprint density at radius 1 is 1.08 bits per heavy atom. The molecular weight excluding hydrogens is 356 g/mol. The van der Waals surface area contributed by atoms with E-state index in [0.29, 0.717) is 16.8 Å². The van der Waals surface area contributed by atoms with Crippen LogP contribution in [0.1, 0.15) is 18.1 Å². The smallest absolute Gasteiger partial charge is 0.277 e. The van der Waals surface area contributed by atoms with Gasteiger partial charge in [0.05, 0.1) is 0 Å². The molecule has 1 aromatic carbocycles. The molecule has 8 nitrogen and oxygen atoms in total. The zero-order valence-electron chi connectivity index (χ0n) is 13.0. The summed E-state index contributed by atoms with van der Waals surface area (Å²) >= 11 is 0. The van der Waals surface area contributed by atoms with Gasteiger partial charge < -0.3 is 11.5 Å². The van der Waals surface area contributed by atoms with Gasteiger partial charge >= 0.3 is 0 Å². The molecule has 0 heterocycles. The minimum atomic E-state index is -4.96. The Morgan fingerprint density at radius 3 is 2.12 bits per heavy atom.